The van der Waals surface area contributed by atoms with Gasteiger partial charge in [-0.3, -0.25) is 9.69 Å². The molecule has 5 heteroatoms. The minimum absolute atomic E-state index is 0.162. The summed E-state index contributed by atoms with van der Waals surface area (Å²) < 4.78 is 25.8. The van der Waals surface area contributed by atoms with Crippen molar-refractivity contribution in [1.82, 2.24) is 4.90 Å². The van der Waals surface area contributed by atoms with E-state index in [1.165, 1.54) is 6.07 Å². The fourth-order valence-electron chi connectivity index (χ4n) is 2.44. The number of aliphatic hydroxyl groups is 1. The number of hydrogen-bond donors (Lipinski definition) is 1. The molecule has 1 unspecified atom stereocenters. The lowest BCUT2D eigenvalue weighted by Gasteiger charge is -2.14. The normalized spacial score (nSPS) is 19.8. The fourth-order valence-corrected chi connectivity index (χ4v) is 2.44. The summed E-state index contributed by atoms with van der Waals surface area (Å²) in [6.07, 6.45) is 1.71. The first-order valence-corrected chi connectivity index (χ1v) is 6.41. The zero-order valence-corrected chi connectivity index (χ0v) is 10.6. The zero-order chi connectivity index (χ0) is 13.8. The highest BCUT2D eigenvalue weighted by atomic mass is 19.2. The van der Waals surface area contributed by atoms with Gasteiger partial charge in [0.25, 0.3) is 0 Å². The number of likely N-dealkylation sites (tertiary alicyclic amines) is 1. The Morgan fingerprint density at radius 3 is 2.84 bits per heavy atom. The number of hydrogen-bond acceptors (Lipinski definition) is 3. The SMILES string of the molecule is O=C(CN1CCC(CCO)C1)c1ccc(F)c(F)c1. The first-order chi connectivity index (χ1) is 9.10. The number of nitrogens with zero attached hydrogens (tertiary/aromatic N) is 1. The average molecular weight is 269 g/mol. The van der Waals surface area contributed by atoms with Crippen LogP contribution in [0.3, 0.4) is 0 Å². The van der Waals surface area contributed by atoms with E-state index in [1.54, 1.807) is 0 Å². The Morgan fingerprint density at radius 2 is 2.16 bits per heavy atom. The topological polar surface area (TPSA) is 40.5 Å². The van der Waals surface area contributed by atoms with Crippen molar-refractivity contribution in [2.24, 2.45) is 5.92 Å². The highest BCUT2D eigenvalue weighted by Gasteiger charge is 2.24. The molecule has 0 aliphatic carbocycles. The van der Waals surface area contributed by atoms with Gasteiger partial charge in [-0.1, -0.05) is 0 Å². The maximum Gasteiger partial charge on any atom is 0.176 e. The Morgan fingerprint density at radius 1 is 1.37 bits per heavy atom. The van der Waals surface area contributed by atoms with E-state index >= 15 is 0 Å². The third kappa shape index (κ3) is 3.58. The standard InChI is InChI=1S/C14H17F2NO2/c15-12-2-1-11(7-13(12)16)14(19)9-17-5-3-10(8-17)4-6-18/h1-2,7,10,18H,3-6,8-9H2. The largest absolute Gasteiger partial charge is 0.396 e. The van der Waals surface area contributed by atoms with Crippen molar-refractivity contribution in [3.8, 4) is 0 Å². The van der Waals surface area contributed by atoms with Crippen LogP contribution in [0, 0.1) is 17.6 Å². The van der Waals surface area contributed by atoms with Gasteiger partial charge in [0.2, 0.25) is 0 Å². The molecule has 0 spiro atoms. The van der Waals surface area contributed by atoms with E-state index in [4.69, 9.17) is 5.11 Å². The van der Waals surface area contributed by atoms with Crippen LogP contribution in [0.2, 0.25) is 0 Å². The molecule has 1 saturated heterocycles. The second kappa shape index (κ2) is 6.21. The molecule has 3 nitrogen and oxygen atoms in total. The molecule has 104 valence electrons. The Bertz CT molecular complexity index is 465. The Balaban J connectivity index is 1.92. The number of Topliss-reactive ketones (excluding diaryl/α,β-unsaturated/α-hetero) is 1. The Labute approximate surface area is 110 Å². The first kappa shape index (κ1) is 14.1. The third-order valence-corrected chi connectivity index (χ3v) is 3.52. The van der Waals surface area contributed by atoms with Gasteiger partial charge in [-0.25, -0.2) is 8.78 Å². The lowest BCUT2D eigenvalue weighted by Crippen LogP contribution is -2.28. The van der Waals surface area contributed by atoms with Crippen LogP contribution in [0.5, 0.6) is 0 Å². The van der Waals surface area contributed by atoms with Crippen LogP contribution in [0.4, 0.5) is 8.78 Å². The minimum atomic E-state index is -0.995. The summed E-state index contributed by atoms with van der Waals surface area (Å²) in [6.45, 7) is 1.96. The highest BCUT2D eigenvalue weighted by molar-refractivity contribution is 5.97. The molecule has 1 N–H and O–H groups in total. The predicted octanol–water partition coefficient (Wildman–Crippen LogP) is 1.85. The van der Waals surface area contributed by atoms with E-state index in [0.29, 0.717) is 5.92 Å². The molecule has 1 heterocycles. The number of aliphatic hydroxyl groups excluding tert-OH is 1. The van der Waals surface area contributed by atoms with Gasteiger partial charge >= 0.3 is 0 Å². The van der Waals surface area contributed by atoms with E-state index in [9.17, 15) is 13.6 Å². The first-order valence-electron chi connectivity index (χ1n) is 6.41. The molecule has 2 rings (SSSR count). The fraction of sp³-hybridized carbons (Fsp3) is 0.500. The van der Waals surface area contributed by atoms with Crippen molar-refractivity contribution in [3.05, 3.63) is 35.4 Å². The molecule has 1 fully saturated rings. The quantitative estimate of drug-likeness (QED) is 0.829. The number of benzene rings is 1. The zero-order valence-electron chi connectivity index (χ0n) is 10.6. The number of carbonyl (C=O) groups excluding carboxylic acids is 1. The molecule has 1 aliphatic heterocycles. The summed E-state index contributed by atoms with van der Waals surface area (Å²) in [5.41, 5.74) is 0.199. The molecule has 1 aromatic rings. The van der Waals surface area contributed by atoms with Gasteiger partial charge in [0, 0.05) is 18.7 Å². The van der Waals surface area contributed by atoms with Gasteiger partial charge in [-0.15, -0.1) is 0 Å². The van der Waals surface area contributed by atoms with Crippen LogP contribution in [0.1, 0.15) is 23.2 Å². The van der Waals surface area contributed by atoms with Crippen LogP contribution in [-0.4, -0.2) is 42.0 Å². The second-order valence-corrected chi connectivity index (χ2v) is 4.95. The van der Waals surface area contributed by atoms with Gasteiger partial charge in [-0.05, 0) is 43.5 Å². The van der Waals surface area contributed by atoms with Crippen LogP contribution in [0.15, 0.2) is 18.2 Å². The van der Waals surface area contributed by atoms with E-state index in [0.717, 1.165) is 38.1 Å². The lowest BCUT2D eigenvalue weighted by atomic mass is 10.1. The van der Waals surface area contributed by atoms with Gasteiger partial charge in [0.05, 0.1) is 6.54 Å². The molecule has 0 aromatic heterocycles. The van der Waals surface area contributed by atoms with Gasteiger partial charge < -0.3 is 5.11 Å². The van der Waals surface area contributed by atoms with Gasteiger partial charge in [0.15, 0.2) is 17.4 Å². The van der Waals surface area contributed by atoms with Crippen molar-refractivity contribution in [2.75, 3.05) is 26.2 Å². The van der Waals surface area contributed by atoms with E-state index in [1.807, 2.05) is 4.90 Å². The molecule has 0 radical (unpaired) electrons. The third-order valence-electron chi connectivity index (χ3n) is 3.52. The number of rotatable bonds is 5. The summed E-state index contributed by atoms with van der Waals surface area (Å²) >= 11 is 0. The maximum absolute atomic E-state index is 13.0. The van der Waals surface area contributed by atoms with Crippen LogP contribution in [0.25, 0.3) is 0 Å². The van der Waals surface area contributed by atoms with Crippen molar-refractivity contribution in [3.63, 3.8) is 0 Å². The van der Waals surface area contributed by atoms with Gasteiger partial charge in [-0.2, -0.15) is 0 Å². The molecule has 1 aliphatic rings. The molecule has 1 aromatic carbocycles. The van der Waals surface area contributed by atoms with Crippen LogP contribution < -0.4 is 0 Å². The van der Waals surface area contributed by atoms with E-state index in [-0.39, 0.29) is 24.5 Å². The smallest absolute Gasteiger partial charge is 0.176 e. The number of carbonyl (C=O) groups is 1. The summed E-state index contributed by atoms with van der Waals surface area (Å²) in [5.74, 6) is -1.72. The van der Waals surface area contributed by atoms with Crippen LogP contribution in [-0.2, 0) is 0 Å². The monoisotopic (exact) mass is 269 g/mol. The average Bonchev–Trinajstić information content (AvgIpc) is 2.80. The summed E-state index contributed by atoms with van der Waals surface area (Å²) in [4.78, 5) is 13.9. The van der Waals surface area contributed by atoms with E-state index in [2.05, 4.69) is 0 Å². The number of halogens is 2. The highest BCUT2D eigenvalue weighted by Crippen LogP contribution is 2.19. The molecule has 0 bridgehead atoms. The Hall–Kier alpha value is -1.33. The maximum atomic E-state index is 13.0. The summed E-state index contributed by atoms with van der Waals surface area (Å²) in [6, 6.07) is 3.22. The molecule has 0 amide bonds. The molecule has 1 atom stereocenters. The Kier molecular flexibility index (Phi) is 4.61. The summed E-state index contributed by atoms with van der Waals surface area (Å²) in [5, 5.41) is 8.87. The summed E-state index contributed by atoms with van der Waals surface area (Å²) in [7, 11) is 0. The molecular formula is C14H17F2NO2. The van der Waals surface area contributed by atoms with Gasteiger partial charge in [0.1, 0.15) is 0 Å². The minimum Gasteiger partial charge on any atom is -0.396 e. The van der Waals surface area contributed by atoms with Crippen molar-refractivity contribution < 1.29 is 18.7 Å². The lowest BCUT2D eigenvalue weighted by molar-refractivity contribution is 0.0942. The van der Waals surface area contributed by atoms with Crippen molar-refractivity contribution >= 4 is 5.78 Å². The van der Waals surface area contributed by atoms with E-state index < -0.39 is 11.6 Å². The molecule has 0 saturated carbocycles. The predicted molar refractivity (Wildman–Crippen MR) is 66.9 cm³/mol. The molecular weight excluding hydrogens is 252 g/mol. The second-order valence-electron chi connectivity index (χ2n) is 4.95. The number of ketones is 1. The van der Waals surface area contributed by atoms with Crippen molar-refractivity contribution in [2.45, 2.75) is 12.8 Å². The molecule has 19 heavy (non-hydrogen) atoms. The van der Waals surface area contributed by atoms with Crippen LogP contribution >= 0.6 is 0 Å². The van der Waals surface area contributed by atoms with Crippen molar-refractivity contribution in [1.29, 1.82) is 0 Å².